The lowest BCUT2D eigenvalue weighted by atomic mass is 9.89. The van der Waals surface area contributed by atoms with E-state index in [1.54, 1.807) is 31.5 Å². The highest BCUT2D eigenvalue weighted by Gasteiger charge is 2.59. The van der Waals surface area contributed by atoms with Crippen LogP contribution >= 0.6 is 11.3 Å². The summed E-state index contributed by atoms with van der Waals surface area (Å²) in [5, 5.41) is 14.8. The molecule has 4 heterocycles. The molecular formula is C30H34F3N5O5S. The summed E-state index contributed by atoms with van der Waals surface area (Å²) in [4.78, 5) is 50.0. The van der Waals surface area contributed by atoms with Gasteiger partial charge in [0.25, 0.3) is 5.92 Å². The lowest BCUT2D eigenvalue weighted by Crippen LogP contribution is -2.44. The second-order valence-electron chi connectivity index (χ2n) is 11.9. The molecule has 44 heavy (non-hydrogen) atoms. The summed E-state index contributed by atoms with van der Waals surface area (Å²) in [6, 6.07) is 2.72. The van der Waals surface area contributed by atoms with Crippen LogP contribution in [0.15, 0.2) is 46.0 Å². The minimum Gasteiger partial charge on any atom is -0.481 e. The van der Waals surface area contributed by atoms with Crippen molar-refractivity contribution in [2.45, 2.75) is 52.1 Å². The number of ether oxygens (including phenoxy) is 1. The van der Waals surface area contributed by atoms with Crippen molar-refractivity contribution >= 4 is 35.0 Å². The average molecular weight is 634 g/mol. The zero-order valence-corrected chi connectivity index (χ0v) is 25.6. The summed E-state index contributed by atoms with van der Waals surface area (Å²) in [5.41, 5.74) is -0.306. The molecule has 2 aromatic rings. The number of hydrogen-bond acceptors (Lipinski definition) is 9. The lowest BCUT2D eigenvalue weighted by molar-refractivity contribution is -0.151. The number of carbonyl (C=O) groups excluding carboxylic acids is 2. The molecule has 236 valence electrons. The van der Waals surface area contributed by atoms with Gasteiger partial charge in [-0.3, -0.25) is 19.5 Å². The van der Waals surface area contributed by atoms with E-state index in [1.165, 1.54) is 47.1 Å². The molecule has 1 amide bonds. The maximum absolute atomic E-state index is 15.4. The number of fused-ring (bicyclic) bond motifs is 1. The van der Waals surface area contributed by atoms with Crippen LogP contribution in [0, 0.1) is 24.1 Å². The Morgan fingerprint density at radius 1 is 1.25 bits per heavy atom. The van der Waals surface area contributed by atoms with Crippen molar-refractivity contribution < 1.29 is 37.4 Å². The number of aliphatic imine (C=N–C) groups is 1. The number of halogens is 3. The van der Waals surface area contributed by atoms with Crippen LogP contribution in [-0.4, -0.2) is 88.3 Å². The number of likely N-dealkylation sites (tertiary alicyclic amines) is 2. The number of nitrogens with one attached hydrogen (secondary N) is 1. The molecule has 3 atom stereocenters. The number of aliphatic carboxylic acids is 1. The van der Waals surface area contributed by atoms with E-state index in [4.69, 9.17) is 9.73 Å². The molecule has 2 fully saturated rings. The molecule has 3 aliphatic rings. The Morgan fingerprint density at radius 3 is 2.66 bits per heavy atom. The number of carboxylic acid groups (broad SMARTS) is 1. The first-order valence-electron chi connectivity index (χ1n) is 14.3. The van der Waals surface area contributed by atoms with Gasteiger partial charge in [0.15, 0.2) is 10.8 Å². The van der Waals surface area contributed by atoms with E-state index in [1.807, 2.05) is 0 Å². The molecule has 0 radical (unpaired) electrons. The van der Waals surface area contributed by atoms with Gasteiger partial charge >= 0.3 is 11.9 Å². The lowest BCUT2D eigenvalue weighted by Gasteiger charge is -2.32. The summed E-state index contributed by atoms with van der Waals surface area (Å²) in [7, 11) is 0. The molecule has 0 aliphatic carbocycles. The van der Waals surface area contributed by atoms with Crippen molar-refractivity contribution in [2.75, 3.05) is 32.8 Å². The molecular weight excluding hydrogens is 599 g/mol. The number of rotatable bonds is 9. The molecule has 0 bridgehead atoms. The van der Waals surface area contributed by atoms with Crippen LogP contribution in [-0.2, 0) is 19.1 Å². The quantitative estimate of drug-likeness (QED) is 0.400. The van der Waals surface area contributed by atoms with E-state index in [0.29, 0.717) is 16.4 Å². The highest BCUT2D eigenvalue weighted by molar-refractivity contribution is 7.11. The molecule has 2 N–H and O–H groups in total. The highest BCUT2D eigenvalue weighted by Crippen LogP contribution is 2.44. The fraction of sp³-hybridized carbons (Fsp3) is 0.500. The summed E-state index contributed by atoms with van der Waals surface area (Å²) in [6.45, 7) is 5.13. The molecule has 5 rings (SSSR count). The van der Waals surface area contributed by atoms with Crippen molar-refractivity contribution in [3.63, 3.8) is 0 Å². The smallest absolute Gasteiger partial charge is 0.338 e. The summed E-state index contributed by atoms with van der Waals surface area (Å²) in [6.07, 6.45) is 1.26. The van der Waals surface area contributed by atoms with Gasteiger partial charge in [-0.2, -0.15) is 0 Å². The molecule has 3 aliphatic heterocycles. The number of aromatic nitrogens is 1. The maximum Gasteiger partial charge on any atom is 0.338 e. The summed E-state index contributed by atoms with van der Waals surface area (Å²) < 4.78 is 51.0. The summed E-state index contributed by atoms with van der Waals surface area (Å²) in [5.74, 6) is -6.88. The number of benzene rings is 1. The van der Waals surface area contributed by atoms with Crippen LogP contribution in [0.5, 0.6) is 0 Å². The largest absolute Gasteiger partial charge is 0.481 e. The monoisotopic (exact) mass is 633 g/mol. The van der Waals surface area contributed by atoms with Gasteiger partial charge in [0, 0.05) is 49.4 Å². The molecule has 0 unspecified atom stereocenters. The first-order chi connectivity index (χ1) is 20.7. The average Bonchev–Trinajstić information content (AvgIpc) is 3.69. The van der Waals surface area contributed by atoms with Crippen LogP contribution in [0.2, 0.25) is 0 Å². The SMILES string of the molecule is CCOC(=O)C1=C(CN2CC(F)(F)[C@@H]3CN(C(=O)CC(C)(C)C(=O)O)C[C@@H]32)NC(c2nccs2)=N[C@H]1c1cccc(F)c1C. The van der Waals surface area contributed by atoms with Crippen molar-refractivity contribution in [3.8, 4) is 0 Å². The molecule has 2 saturated heterocycles. The second-order valence-corrected chi connectivity index (χ2v) is 12.8. The number of carboxylic acids is 1. The number of thiazole rings is 1. The van der Waals surface area contributed by atoms with E-state index in [-0.39, 0.29) is 49.5 Å². The molecule has 1 aromatic heterocycles. The van der Waals surface area contributed by atoms with E-state index in [2.05, 4.69) is 10.3 Å². The van der Waals surface area contributed by atoms with Gasteiger partial charge in [0.1, 0.15) is 11.9 Å². The fourth-order valence-electron chi connectivity index (χ4n) is 5.99. The fourth-order valence-corrected chi connectivity index (χ4v) is 6.57. The van der Waals surface area contributed by atoms with Gasteiger partial charge in [-0.1, -0.05) is 12.1 Å². The minimum atomic E-state index is -3.15. The molecule has 1 aromatic carbocycles. The first-order valence-corrected chi connectivity index (χ1v) is 15.1. The number of nitrogens with zero attached hydrogens (tertiary/aromatic N) is 4. The molecule has 0 spiro atoms. The molecule has 10 nitrogen and oxygen atoms in total. The number of esters is 1. The number of amides is 1. The van der Waals surface area contributed by atoms with Crippen molar-refractivity contribution in [1.29, 1.82) is 0 Å². The van der Waals surface area contributed by atoms with Crippen molar-refractivity contribution in [1.82, 2.24) is 20.1 Å². The highest BCUT2D eigenvalue weighted by atomic mass is 32.1. The van der Waals surface area contributed by atoms with Gasteiger partial charge in [-0.15, -0.1) is 11.3 Å². The Labute approximate surface area is 256 Å². The van der Waals surface area contributed by atoms with Crippen LogP contribution in [0.1, 0.15) is 49.4 Å². The predicted molar refractivity (Wildman–Crippen MR) is 156 cm³/mol. The minimum absolute atomic E-state index is 0.0172. The van der Waals surface area contributed by atoms with Gasteiger partial charge in [0.2, 0.25) is 5.91 Å². The molecule has 14 heteroatoms. The maximum atomic E-state index is 15.4. The summed E-state index contributed by atoms with van der Waals surface area (Å²) >= 11 is 1.29. The number of amidine groups is 1. The first kappa shape index (κ1) is 31.6. The Morgan fingerprint density at radius 2 is 2.00 bits per heavy atom. The molecule has 0 saturated carbocycles. The second kappa shape index (κ2) is 12.0. The Kier molecular flexibility index (Phi) is 8.60. The number of hydrogen-bond donors (Lipinski definition) is 2. The third-order valence-electron chi connectivity index (χ3n) is 8.46. The normalized spacial score (nSPS) is 23.3. The van der Waals surface area contributed by atoms with E-state index >= 15 is 8.78 Å². The van der Waals surface area contributed by atoms with Crippen LogP contribution in [0.4, 0.5) is 13.2 Å². The Bertz CT molecular complexity index is 1530. The zero-order chi connectivity index (χ0) is 32.0. The van der Waals surface area contributed by atoms with Gasteiger partial charge in [0.05, 0.1) is 30.1 Å². The predicted octanol–water partition coefficient (Wildman–Crippen LogP) is 3.78. The Hall–Kier alpha value is -3.78. The zero-order valence-electron chi connectivity index (χ0n) is 24.8. The number of carbonyl (C=O) groups is 3. The number of alkyl halides is 2. The third kappa shape index (κ3) is 5.96. The standard InChI is InChI=1S/C30H34F3N5O5S/c1-5-43-27(40)23-20(35-25(26-34-9-10-44-26)36-24(23)17-7-6-8-19(31)16(17)2)13-38-15-30(32,33)18-12-37(14-21(18)38)22(39)11-29(3,4)28(41)42/h6-10,18,21,24H,5,11-15H2,1-4H3,(H,35,36)(H,41,42)/t18-,21+,24+/m1/s1. The van der Waals surface area contributed by atoms with Crippen LogP contribution in [0.3, 0.4) is 0 Å². The van der Waals surface area contributed by atoms with E-state index < -0.39 is 59.5 Å². The van der Waals surface area contributed by atoms with E-state index in [9.17, 15) is 23.9 Å². The van der Waals surface area contributed by atoms with Gasteiger partial charge in [-0.25, -0.2) is 22.9 Å². The van der Waals surface area contributed by atoms with Crippen LogP contribution in [0.25, 0.3) is 0 Å². The third-order valence-corrected chi connectivity index (χ3v) is 9.24. The van der Waals surface area contributed by atoms with Crippen LogP contribution < -0.4 is 5.32 Å². The van der Waals surface area contributed by atoms with Gasteiger partial charge in [-0.05, 0) is 44.9 Å². The van der Waals surface area contributed by atoms with Gasteiger partial charge < -0.3 is 20.1 Å². The topological polar surface area (TPSA) is 124 Å². The van der Waals surface area contributed by atoms with Crippen molar-refractivity contribution in [3.05, 3.63) is 63.0 Å². The Balaban J connectivity index is 1.52. The van der Waals surface area contributed by atoms with E-state index in [0.717, 1.165) is 0 Å². The van der Waals surface area contributed by atoms with Crippen molar-refractivity contribution in [2.24, 2.45) is 16.3 Å².